The molecule has 1 fully saturated rings. The number of piperidine rings is 1. The van der Waals surface area contributed by atoms with E-state index in [9.17, 15) is 10.2 Å². The zero-order valence-electron chi connectivity index (χ0n) is 17.8. The molecule has 31 heavy (non-hydrogen) atoms. The van der Waals surface area contributed by atoms with Crippen LogP contribution < -0.4 is 4.74 Å². The molecule has 2 heterocycles. The second kappa shape index (κ2) is 8.58. The minimum Gasteiger partial charge on any atom is -0.493 e. The number of nitrogens with zero attached hydrogens (tertiary/aromatic N) is 2. The number of ether oxygens (including phenoxy) is 1. The number of aromatic nitrogens is 1. The topological polar surface area (TPSA) is 65.8 Å². The summed E-state index contributed by atoms with van der Waals surface area (Å²) in [6.45, 7) is 1.77. The van der Waals surface area contributed by atoms with Crippen molar-refractivity contribution in [3.05, 3.63) is 71.4 Å². The molecule has 162 valence electrons. The first-order valence-corrected chi connectivity index (χ1v) is 11.4. The molecule has 5 rings (SSSR count). The second-order valence-corrected chi connectivity index (χ2v) is 8.89. The zero-order valence-corrected chi connectivity index (χ0v) is 17.8. The molecule has 0 amide bonds. The van der Waals surface area contributed by atoms with E-state index in [2.05, 4.69) is 17.1 Å². The van der Waals surface area contributed by atoms with Crippen molar-refractivity contribution in [3.8, 4) is 5.75 Å². The Balaban J connectivity index is 1.14. The van der Waals surface area contributed by atoms with Crippen molar-refractivity contribution in [2.45, 2.75) is 50.4 Å². The molecule has 1 unspecified atom stereocenters. The number of rotatable bonds is 6. The summed E-state index contributed by atoms with van der Waals surface area (Å²) in [5, 5.41) is 22.9. The van der Waals surface area contributed by atoms with Crippen molar-refractivity contribution < 1.29 is 14.9 Å². The van der Waals surface area contributed by atoms with Gasteiger partial charge in [-0.05, 0) is 67.5 Å². The lowest BCUT2D eigenvalue weighted by Crippen LogP contribution is -2.47. The fraction of sp³-hybridized carbons (Fsp3) is 0.423. The van der Waals surface area contributed by atoms with E-state index in [0.29, 0.717) is 39.0 Å². The molecule has 0 radical (unpaired) electrons. The first-order chi connectivity index (χ1) is 15.1. The van der Waals surface area contributed by atoms with Gasteiger partial charge in [0.2, 0.25) is 0 Å². The molecule has 0 bridgehead atoms. The summed E-state index contributed by atoms with van der Waals surface area (Å²) < 4.78 is 5.90. The largest absolute Gasteiger partial charge is 0.493 e. The fourth-order valence-electron chi connectivity index (χ4n) is 4.91. The number of benzene rings is 2. The van der Waals surface area contributed by atoms with Gasteiger partial charge in [0, 0.05) is 36.7 Å². The highest BCUT2D eigenvalue weighted by Crippen LogP contribution is 2.34. The molecular formula is C26H30N2O3. The normalized spacial score (nSPS) is 19.3. The van der Waals surface area contributed by atoms with E-state index in [1.165, 1.54) is 24.0 Å². The molecule has 1 atom stereocenters. The highest BCUT2D eigenvalue weighted by molar-refractivity contribution is 5.78. The third kappa shape index (κ3) is 4.31. The van der Waals surface area contributed by atoms with E-state index < -0.39 is 11.8 Å². The van der Waals surface area contributed by atoms with Crippen LogP contribution in [0.15, 0.2) is 54.7 Å². The molecule has 3 aromatic rings. The Morgan fingerprint density at radius 1 is 1.03 bits per heavy atom. The number of fused-ring (bicyclic) bond motifs is 2. The Morgan fingerprint density at radius 2 is 1.84 bits per heavy atom. The first-order valence-electron chi connectivity index (χ1n) is 11.4. The number of aryl methyl sites for hydroxylation is 2. The van der Waals surface area contributed by atoms with Crippen LogP contribution in [0.5, 0.6) is 5.75 Å². The van der Waals surface area contributed by atoms with E-state index >= 15 is 0 Å². The number of likely N-dealkylation sites (tertiary alicyclic amines) is 1. The summed E-state index contributed by atoms with van der Waals surface area (Å²) in [7, 11) is 0. The third-order valence-corrected chi connectivity index (χ3v) is 6.89. The molecule has 0 saturated carbocycles. The Kier molecular flexibility index (Phi) is 5.65. The number of aliphatic hydroxyl groups excluding tert-OH is 1. The summed E-state index contributed by atoms with van der Waals surface area (Å²) in [5.41, 5.74) is 3.74. The summed E-state index contributed by atoms with van der Waals surface area (Å²) >= 11 is 0. The predicted octanol–water partition coefficient (Wildman–Crippen LogP) is 3.79. The molecule has 1 saturated heterocycles. The smallest absolute Gasteiger partial charge is 0.119 e. The van der Waals surface area contributed by atoms with Crippen molar-refractivity contribution in [1.82, 2.24) is 9.88 Å². The summed E-state index contributed by atoms with van der Waals surface area (Å²) in [6, 6.07) is 16.4. The minimum absolute atomic E-state index is 0.481. The van der Waals surface area contributed by atoms with Crippen molar-refractivity contribution in [3.63, 3.8) is 0 Å². The molecule has 5 nitrogen and oxygen atoms in total. The van der Waals surface area contributed by atoms with Gasteiger partial charge in [-0.3, -0.25) is 9.88 Å². The zero-order chi connectivity index (χ0) is 21.3. The summed E-state index contributed by atoms with van der Waals surface area (Å²) in [6.07, 6.45) is 6.48. The first kappa shape index (κ1) is 20.4. The van der Waals surface area contributed by atoms with Gasteiger partial charge in [-0.25, -0.2) is 0 Å². The lowest BCUT2D eigenvalue weighted by atomic mass is 9.84. The maximum absolute atomic E-state index is 11.2. The average molecular weight is 419 g/mol. The lowest BCUT2D eigenvalue weighted by molar-refractivity contribution is -0.0819. The number of hydrogen-bond donors (Lipinski definition) is 2. The molecule has 2 aromatic carbocycles. The Hall–Kier alpha value is -2.47. The number of para-hydroxylation sites is 1. The SMILES string of the molecule is OC(CCOc1ccc2c(c1)CCC2)N1CCC(O)(c2cnc3ccccc3c2)CC1. The van der Waals surface area contributed by atoms with Gasteiger partial charge in [0.15, 0.2) is 0 Å². The van der Waals surface area contributed by atoms with Crippen LogP contribution in [-0.2, 0) is 18.4 Å². The quantitative estimate of drug-likeness (QED) is 0.638. The van der Waals surface area contributed by atoms with Gasteiger partial charge in [-0.15, -0.1) is 0 Å². The molecule has 1 aliphatic heterocycles. The van der Waals surface area contributed by atoms with Crippen molar-refractivity contribution >= 4 is 10.9 Å². The van der Waals surface area contributed by atoms with Crippen LogP contribution in [0.3, 0.4) is 0 Å². The van der Waals surface area contributed by atoms with Crippen LogP contribution in [0.1, 0.15) is 42.4 Å². The maximum Gasteiger partial charge on any atom is 0.119 e. The number of aliphatic hydroxyl groups is 2. The summed E-state index contributed by atoms with van der Waals surface area (Å²) in [4.78, 5) is 6.54. The van der Waals surface area contributed by atoms with Gasteiger partial charge in [-0.2, -0.15) is 0 Å². The van der Waals surface area contributed by atoms with Gasteiger partial charge < -0.3 is 14.9 Å². The third-order valence-electron chi connectivity index (χ3n) is 6.89. The van der Waals surface area contributed by atoms with Crippen LogP contribution in [0.2, 0.25) is 0 Å². The van der Waals surface area contributed by atoms with Crippen LogP contribution in [0.4, 0.5) is 0 Å². The van der Waals surface area contributed by atoms with E-state index in [1.54, 1.807) is 6.20 Å². The molecule has 2 N–H and O–H groups in total. The van der Waals surface area contributed by atoms with Gasteiger partial charge in [-0.1, -0.05) is 24.3 Å². The van der Waals surface area contributed by atoms with Gasteiger partial charge in [0.25, 0.3) is 0 Å². The van der Waals surface area contributed by atoms with E-state index in [-0.39, 0.29) is 0 Å². The molecular weight excluding hydrogens is 388 g/mol. The van der Waals surface area contributed by atoms with Crippen molar-refractivity contribution in [2.75, 3.05) is 19.7 Å². The Morgan fingerprint density at radius 3 is 2.71 bits per heavy atom. The van der Waals surface area contributed by atoms with Crippen LogP contribution in [0, 0.1) is 0 Å². The number of pyridine rings is 1. The lowest BCUT2D eigenvalue weighted by Gasteiger charge is -2.40. The van der Waals surface area contributed by atoms with Crippen LogP contribution in [-0.4, -0.2) is 46.0 Å². The molecule has 1 aliphatic carbocycles. The molecule has 5 heteroatoms. The van der Waals surface area contributed by atoms with E-state index in [0.717, 1.165) is 28.6 Å². The summed E-state index contributed by atoms with van der Waals surface area (Å²) in [5.74, 6) is 0.893. The number of hydrogen-bond acceptors (Lipinski definition) is 5. The minimum atomic E-state index is -0.895. The standard InChI is InChI=1S/C26H30N2O3/c29-25(10-15-31-23-9-8-19-5-3-6-20(19)17-23)28-13-11-26(30,12-14-28)22-16-21-4-1-2-7-24(21)27-18-22/h1-2,4,7-9,16-18,25,29-30H,3,5-6,10-15H2. The molecule has 1 aromatic heterocycles. The van der Waals surface area contributed by atoms with Crippen LogP contribution >= 0.6 is 0 Å². The highest BCUT2D eigenvalue weighted by atomic mass is 16.5. The molecule has 0 spiro atoms. The van der Waals surface area contributed by atoms with Gasteiger partial charge in [0.05, 0.1) is 17.7 Å². The van der Waals surface area contributed by atoms with E-state index in [4.69, 9.17) is 4.74 Å². The highest BCUT2D eigenvalue weighted by Gasteiger charge is 2.36. The van der Waals surface area contributed by atoms with Crippen molar-refractivity contribution in [1.29, 1.82) is 0 Å². The van der Waals surface area contributed by atoms with Gasteiger partial charge >= 0.3 is 0 Å². The van der Waals surface area contributed by atoms with E-state index in [1.807, 2.05) is 41.3 Å². The Bertz CT molecular complexity index is 1060. The van der Waals surface area contributed by atoms with Crippen molar-refractivity contribution in [2.24, 2.45) is 0 Å². The van der Waals surface area contributed by atoms with Crippen LogP contribution in [0.25, 0.3) is 10.9 Å². The average Bonchev–Trinajstić information content (AvgIpc) is 3.27. The second-order valence-electron chi connectivity index (χ2n) is 8.89. The Labute approximate surface area is 183 Å². The fourth-order valence-corrected chi connectivity index (χ4v) is 4.91. The predicted molar refractivity (Wildman–Crippen MR) is 121 cm³/mol. The van der Waals surface area contributed by atoms with Gasteiger partial charge in [0.1, 0.15) is 12.0 Å². The monoisotopic (exact) mass is 418 g/mol. The maximum atomic E-state index is 11.2. The molecule has 2 aliphatic rings.